The number of hydrogen-bond donors (Lipinski definition) is 0. The molecule has 0 aliphatic heterocycles. The maximum Gasteiger partial charge on any atom is 0.175 e. The molecule has 0 bridgehead atoms. The summed E-state index contributed by atoms with van der Waals surface area (Å²) in [4.78, 5) is 0.450. The second kappa shape index (κ2) is 3.84. The second-order valence-corrected chi connectivity index (χ2v) is 8.19. The van der Waals surface area contributed by atoms with Gasteiger partial charge in [-0.05, 0) is 47.4 Å². The molecule has 2 rings (SSSR count). The van der Waals surface area contributed by atoms with Crippen LogP contribution in [0.2, 0.25) is 0 Å². The van der Waals surface area contributed by atoms with E-state index in [4.69, 9.17) is 0 Å². The maximum absolute atomic E-state index is 11.5. The van der Waals surface area contributed by atoms with Crippen molar-refractivity contribution in [3.8, 4) is 0 Å². The van der Waals surface area contributed by atoms with Crippen LogP contribution in [0.4, 0.5) is 0 Å². The van der Waals surface area contributed by atoms with Crippen molar-refractivity contribution in [2.24, 2.45) is 11.3 Å². The number of sulfone groups is 1. The lowest BCUT2D eigenvalue weighted by molar-refractivity contribution is 0.251. The van der Waals surface area contributed by atoms with Crippen molar-refractivity contribution in [1.29, 1.82) is 0 Å². The minimum Gasteiger partial charge on any atom is -0.224 e. The molecular formula is C14H20O2S. The molecule has 1 unspecified atom stereocenters. The summed E-state index contributed by atoms with van der Waals surface area (Å²) in [5.41, 5.74) is 2.81. The lowest BCUT2D eigenvalue weighted by Gasteiger charge is -2.26. The van der Waals surface area contributed by atoms with Crippen molar-refractivity contribution in [1.82, 2.24) is 0 Å². The first-order valence-electron chi connectivity index (χ1n) is 6.00. The van der Waals surface area contributed by atoms with Gasteiger partial charge in [0.15, 0.2) is 9.84 Å². The Morgan fingerprint density at radius 3 is 2.24 bits per heavy atom. The van der Waals surface area contributed by atoms with E-state index < -0.39 is 9.84 Å². The second-order valence-electron chi connectivity index (χ2n) is 6.17. The molecule has 2 nitrogen and oxygen atoms in total. The topological polar surface area (TPSA) is 34.1 Å². The average molecular weight is 252 g/mol. The summed E-state index contributed by atoms with van der Waals surface area (Å²) in [5.74, 6) is 0.618. The van der Waals surface area contributed by atoms with Gasteiger partial charge in [0.25, 0.3) is 0 Å². The van der Waals surface area contributed by atoms with Crippen LogP contribution < -0.4 is 0 Å². The van der Waals surface area contributed by atoms with Gasteiger partial charge in [-0.3, -0.25) is 0 Å². The van der Waals surface area contributed by atoms with E-state index in [9.17, 15) is 8.42 Å². The van der Waals surface area contributed by atoms with E-state index in [-0.39, 0.29) is 5.41 Å². The molecule has 1 aromatic carbocycles. The Morgan fingerprint density at radius 1 is 1.12 bits per heavy atom. The number of rotatable bonds is 1. The van der Waals surface area contributed by atoms with Gasteiger partial charge >= 0.3 is 0 Å². The SMILES string of the molecule is CC(C)(C)C1Cc2ccc(S(C)(=O)=O)cc2C1. The highest BCUT2D eigenvalue weighted by molar-refractivity contribution is 7.90. The molecule has 0 fully saturated rings. The lowest BCUT2D eigenvalue weighted by Crippen LogP contribution is -2.20. The minimum absolute atomic E-state index is 0.282. The van der Waals surface area contributed by atoms with Crippen molar-refractivity contribution in [2.45, 2.75) is 38.5 Å². The molecule has 0 N–H and O–H groups in total. The Balaban J connectivity index is 2.35. The van der Waals surface area contributed by atoms with Gasteiger partial charge in [0, 0.05) is 6.26 Å². The Kier molecular flexibility index (Phi) is 2.85. The zero-order chi connectivity index (χ0) is 12.8. The highest BCUT2D eigenvalue weighted by Crippen LogP contribution is 2.38. The first-order valence-corrected chi connectivity index (χ1v) is 7.89. The molecule has 0 spiro atoms. The summed E-state index contributed by atoms with van der Waals surface area (Å²) in [6, 6.07) is 5.58. The smallest absolute Gasteiger partial charge is 0.175 e. The molecule has 0 saturated carbocycles. The first-order chi connectivity index (χ1) is 7.68. The van der Waals surface area contributed by atoms with Gasteiger partial charge in [0.2, 0.25) is 0 Å². The highest BCUT2D eigenvalue weighted by Gasteiger charge is 2.31. The van der Waals surface area contributed by atoms with Crippen LogP contribution >= 0.6 is 0 Å². The molecule has 0 saturated heterocycles. The van der Waals surface area contributed by atoms with Gasteiger partial charge < -0.3 is 0 Å². The normalized spacial score (nSPS) is 20.4. The molecule has 17 heavy (non-hydrogen) atoms. The molecular weight excluding hydrogens is 232 g/mol. The Labute approximate surface area is 104 Å². The van der Waals surface area contributed by atoms with Gasteiger partial charge in [-0.25, -0.2) is 8.42 Å². The van der Waals surface area contributed by atoms with Crippen LogP contribution in [0, 0.1) is 11.3 Å². The van der Waals surface area contributed by atoms with Gasteiger partial charge in [-0.2, -0.15) is 0 Å². The predicted octanol–water partition coefficient (Wildman–Crippen LogP) is 2.85. The van der Waals surface area contributed by atoms with Crippen LogP contribution in [-0.4, -0.2) is 14.7 Å². The Bertz CT molecular complexity index is 536. The van der Waals surface area contributed by atoms with Crippen LogP contribution in [-0.2, 0) is 22.7 Å². The molecule has 1 aromatic rings. The molecule has 0 radical (unpaired) electrons. The fourth-order valence-corrected chi connectivity index (χ4v) is 3.11. The Hall–Kier alpha value is -0.830. The largest absolute Gasteiger partial charge is 0.224 e. The average Bonchev–Trinajstić information content (AvgIpc) is 2.57. The quantitative estimate of drug-likeness (QED) is 0.770. The monoisotopic (exact) mass is 252 g/mol. The zero-order valence-corrected chi connectivity index (χ0v) is 11.8. The van der Waals surface area contributed by atoms with Crippen molar-refractivity contribution in [3.05, 3.63) is 29.3 Å². The maximum atomic E-state index is 11.5. The van der Waals surface area contributed by atoms with Crippen molar-refractivity contribution in [2.75, 3.05) is 6.26 Å². The highest BCUT2D eigenvalue weighted by atomic mass is 32.2. The molecule has 1 atom stereocenters. The van der Waals surface area contributed by atoms with Gasteiger partial charge in [0.1, 0.15) is 0 Å². The van der Waals surface area contributed by atoms with E-state index in [1.165, 1.54) is 17.4 Å². The first kappa shape index (κ1) is 12.6. The lowest BCUT2D eigenvalue weighted by atomic mass is 9.79. The third-order valence-electron chi connectivity index (χ3n) is 3.76. The number of benzene rings is 1. The summed E-state index contributed by atoms with van der Waals surface area (Å²) < 4.78 is 23.0. The molecule has 94 valence electrons. The molecule has 0 amide bonds. The molecule has 3 heteroatoms. The minimum atomic E-state index is -3.08. The van der Waals surface area contributed by atoms with Crippen molar-refractivity contribution in [3.63, 3.8) is 0 Å². The number of hydrogen-bond acceptors (Lipinski definition) is 2. The van der Waals surface area contributed by atoms with E-state index in [1.807, 2.05) is 12.1 Å². The molecule has 1 aliphatic rings. The van der Waals surface area contributed by atoms with Crippen molar-refractivity contribution < 1.29 is 8.42 Å². The van der Waals surface area contributed by atoms with E-state index in [0.717, 1.165) is 12.8 Å². The van der Waals surface area contributed by atoms with E-state index >= 15 is 0 Å². The van der Waals surface area contributed by atoms with Gasteiger partial charge in [-0.1, -0.05) is 26.8 Å². The van der Waals surface area contributed by atoms with Crippen LogP contribution in [0.25, 0.3) is 0 Å². The van der Waals surface area contributed by atoms with Gasteiger partial charge in [-0.15, -0.1) is 0 Å². The summed E-state index contributed by atoms with van der Waals surface area (Å²) in [6.45, 7) is 6.75. The molecule has 1 aliphatic carbocycles. The summed E-state index contributed by atoms with van der Waals surface area (Å²) in [5, 5.41) is 0. The van der Waals surface area contributed by atoms with Crippen LogP contribution in [0.1, 0.15) is 31.9 Å². The van der Waals surface area contributed by atoms with E-state index in [0.29, 0.717) is 10.8 Å². The van der Waals surface area contributed by atoms with Crippen LogP contribution in [0.3, 0.4) is 0 Å². The Morgan fingerprint density at radius 2 is 1.71 bits per heavy atom. The fourth-order valence-electron chi connectivity index (χ4n) is 2.44. The third-order valence-corrected chi connectivity index (χ3v) is 4.87. The van der Waals surface area contributed by atoms with Crippen LogP contribution in [0.15, 0.2) is 23.1 Å². The van der Waals surface area contributed by atoms with Crippen molar-refractivity contribution >= 4 is 9.84 Å². The summed E-state index contributed by atoms with van der Waals surface area (Å²) >= 11 is 0. The zero-order valence-electron chi connectivity index (χ0n) is 10.9. The van der Waals surface area contributed by atoms with E-state index in [2.05, 4.69) is 20.8 Å². The van der Waals surface area contributed by atoms with E-state index in [1.54, 1.807) is 6.07 Å². The number of fused-ring (bicyclic) bond motifs is 1. The molecule has 0 aromatic heterocycles. The van der Waals surface area contributed by atoms with Gasteiger partial charge in [0.05, 0.1) is 4.90 Å². The third kappa shape index (κ3) is 2.54. The van der Waals surface area contributed by atoms with Crippen LogP contribution in [0.5, 0.6) is 0 Å². The summed E-state index contributed by atoms with van der Waals surface area (Å²) in [6.07, 6.45) is 3.34. The predicted molar refractivity (Wildman–Crippen MR) is 69.9 cm³/mol. The molecule has 0 heterocycles. The summed E-state index contributed by atoms with van der Waals surface area (Å²) in [7, 11) is -3.08. The fraction of sp³-hybridized carbons (Fsp3) is 0.571. The standard InChI is InChI=1S/C14H20O2S/c1-14(2,3)12-7-10-5-6-13(17(4,15)16)9-11(10)8-12/h5-6,9,12H,7-8H2,1-4H3.